The summed E-state index contributed by atoms with van der Waals surface area (Å²) in [5.74, 6) is 3.55. The first-order valence-electron chi connectivity index (χ1n) is 7.24. The minimum atomic E-state index is 0.437. The van der Waals surface area contributed by atoms with Gasteiger partial charge in [-0.2, -0.15) is 11.8 Å². The molecule has 1 aliphatic heterocycles. The first-order chi connectivity index (χ1) is 8.24. The molecule has 1 saturated carbocycles. The van der Waals surface area contributed by atoms with Crippen molar-refractivity contribution in [1.29, 1.82) is 0 Å². The van der Waals surface area contributed by atoms with Crippen molar-refractivity contribution in [2.45, 2.75) is 39.0 Å². The summed E-state index contributed by atoms with van der Waals surface area (Å²) in [5.41, 5.74) is 6.56. The highest BCUT2D eigenvalue weighted by atomic mass is 32.2. The van der Waals surface area contributed by atoms with Gasteiger partial charge in [0.2, 0.25) is 0 Å². The van der Waals surface area contributed by atoms with Crippen LogP contribution < -0.4 is 5.73 Å². The van der Waals surface area contributed by atoms with E-state index in [1.807, 2.05) is 0 Å². The number of thioether (sulfide) groups is 1. The minimum Gasteiger partial charge on any atom is -0.330 e. The molecule has 100 valence electrons. The molecular weight excluding hydrogens is 228 g/mol. The molecule has 0 amide bonds. The SMILES string of the molecule is CC1CCCC(CN)(CN2CCCSCC2)C1. The van der Waals surface area contributed by atoms with Crippen molar-refractivity contribution in [3.63, 3.8) is 0 Å². The van der Waals surface area contributed by atoms with Gasteiger partial charge >= 0.3 is 0 Å². The van der Waals surface area contributed by atoms with Gasteiger partial charge in [0.15, 0.2) is 0 Å². The van der Waals surface area contributed by atoms with Gasteiger partial charge in [0, 0.05) is 18.8 Å². The van der Waals surface area contributed by atoms with E-state index in [9.17, 15) is 0 Å². The van der Waals surface area contributed by atoms with Crippen LogP contribution in [0.5, 0.6) is 0 Å². The number of hydrogen-bond acceptors (Lipinski definition) is 3. The Hall–Kier alpha value is 0.270. The lowest BCUT2D eigenvalue weighted by Crippen LogP contribution is -2.46. The third-order valence-electron chi connectivity index (χ3n) is 4.49. The number of nitrogens with zero attached hydrogens (tertiary/aromatic N) is 1. The Morgan fingerprint density at radius 3 is 2.94 bits per heavy atom. The maximum absolute atomic E-state index is 6.12. The fraction of sp³-hybridized carbons (Fsp3) is 1.00. The molecule has 2 aliphatic rings. The van der Waals surface area contributed by atoms with E-state index in [1.54, 1.807) is 0 Å². The van der Waals surface area contributed by atoms with Crippen molar-refractivity contribution in [2.75, 3.05) is 37.7 Å². The van der Waals surface area contributed by atoms with Crippen molar-refractivity contribution >= 4 is 11.8 Å². The fourth-order valence-corrected chi connectivity index (χ4v) is 4.52. The Morgan fingerprint density at radius 2 is 2.18 bits per heavy atom. The molecule has 2 N–H and O–H groups in total. The van der Waals surface area contributed by atoms with Crippen LogP contribution in [-0.4, -0.2) is 42.6 Å². The summed E-state index contributed by atoms with van der Waals surface area (Å²) in [6, 6.07) is 0. The van der Waals surface area contributed by atoms with Crippen molar-refractivity contribution in [1.82, 2.24) is 4.90 Å². The third kappa shape index (κ3) is 3.87. The van der Waals surface area contributed by atoms with Gasteiger partial charge in [0.1, 0.15) is 0 Å². The lowest BCUT2D eigenvalue weighted by Gasteiger charge is -2.42. The zero-order valence-electron chi connectivity index (χ0n) is 11.3. The molecule has 3 heteroatoms. The van der Waals surface area contributed by atoms with Gasteiger partial charge in [0.05, 0.1) is 0 Å². The van der Waals surface area contributed by atoms with Gasteiger partial charge in [-0.3, -0.25) is 0 Å². The normalized spacial score (nSPS) is 36.7. The highest BCUT2D eigenvalue weighted by Gasteiger charge is 2.35. The molecule has 1 aliphatic carbocycles. The van der Waals surface area contributed by atoms with Crippen LogP contribution in [0.25, 0.3) is 0 Å². The van der Waals surface area contributed by atoms with Crippen LogP contribution in [0.4, 0.5) is 0 Å². The van der Waals surface area contributed by atoms with E-state index in [4.69, 9.17) is 5.73 Å². The summed E-state index contributed by atoms with van der Waals surface area (Å²) in [7, 11) is 0. The zero-order chi connectivity index (χ0) is 12.1. The number of hydrogen-bond donors (Lipinski definition) is 1. The van der Waals surface area contributed by atoms with Crippen LogP contribution >= 0.6 is 11.8 Å². The van der Waals surface area contributed by atoms with Crippen LogP contribution in [0.3, 0.4) is 0 Å². The highest BCUT2D eigenvalue weighted by molar-refractivity contribution is 7.99. The quantitative estimate of drug-likeness (QED) is 0.841. The topological polar surface area (TPSA) is 29.3 Å². The van der Waals surface area contributed by atoms with E-state index in [1.165, 1.54) is 63.2 Å². The Kier molecular flexibility index (Phi) is 5.19. The highest BCUT2D eigenvalue weighted by Crippen LogP contribution is 2.39. The minimum absolute atomic E-state index is 0.437. The van der Waals surface area contributed by atoms with Crippen molar-refractivity contribution in [3.8, 4) is 0 Å². The predicted octanol–water partition coefficient (Wildman–Crippen LogP) is 2.58. The first kappa shape index (κ1) is 13.7. The Morgan fingerprint density at radius 1 is 1.29 bits per heavy atom. The Labute approximate surface area is 111 Å². The zero-order valence-corrected chi connectivity index (χ0v) is 12.1. The molecule has 2 rings (SSSR count). The third-order valence-corrected chi connectivity index (χ3v) is 5.54. The molecule has 1 saturated heterocycles. The fourth-order valence-electron chi connectivity index (χ4n) is 3.59. The van der Waals surface area contributed by atoms with Gasteiger partial charge in [0.25, 0.3) is 0 Å². The Balaban J connectivity index is 1.92. The van der Waals surface area contributed by atoms with E-state index in [0.29, 0.717) is 5.41 Å². The van der Waals surface area contributed by atoms with Crippen molar-refractivity contribution < 1.29 is 0 Å². The predicted molar refractivity (Wildman–Crippen MR) is 77.5 cm³/mol. The average Bonchev–Trinajstić information content (AvgIpc) is 2.57. The summed E-state index contributed by atoms with van der Waals surface area (Å²) < 4.78 is 0. The van der Waals surface area contributed by atoms with E-state index in [0.717, 1.165) is 12.5 Å². The van der Waals surface area contributed by atoms with Crippen LogP contribution in [0.2, 0.25) is 0 Å². The van der Waals surface area contributed by atoms with Gasteiger partial charge < -0.3 is 10.6 Å². The van der Waals surface area contributed by atoms with E-state index < -0.39 is 0 Å². The standard InChI is InChI=1S/C14H28N2S/c1-13-4-2-5-14(10-13,11-15)12-16-6-3-8-17-9-7-16/h13H,2-12,15H2,1H3. The lowest BCUT2D eigenvalue weighted by atomic mass is 9.69. The molecule has 0 aromatic heterocycles. The van der Waals surface area contributed by atoms with Gasteiger partial charge in [-0.25, -0.2) is 0 Å². The molecule has 0 aromatic rings. The van der Waals surface area contributed by atoms with Gasteiger partial charge in [-0.1, -0.05) is 19.8 Å². The molecule has 2 fully saturated rings. The first-order valence-corrected chi connectivity index (χ1v) is 8.40. The summed E-state index contributed by atoms with van der Waals surface area (Å²) in [6.45, 7) is 7.13. The molecule has 2 atom stereocenters. The van der Waals surface area contributed by atoms with Crippen molar-refractivity contribution in [3.05, 3.63) is 0 Å². The maximum atomic E-state index is 6.12. The van der Waals surface area contributed by atoms with Gasteiger partial charge in [-0.15, -0.1) is 0 Å². The monoisotopic (exact) mass is 256 g/mol. The molecule has 0 radical (unpaired) electrons. The average molecular weight is 256 g/mol. The molecule has 0 spiro atoms. The molecule has 0 aromatic carbocycles. The summed E-state index contributed by atoms with van der Waals surface area (Å²) in [4.78, 5) is 2.69. The van der Waals surface area contributed by atoms with E-state index >= 15 is 0 Å². The van der Waals surface area contributed by atoms with Crippen LogP contribution in [0, 0.1) is 11.3 Å². The molecule has 2 unspecified atom stereocenters. The second-order valence-corrected chi connectivity index (χ2v) is 7.37. The molecular formula is C14H28N2S. The second-order valence-electron chi connectivity index (χ2n) is 6.15. The van der Waals surface area contributed by atoms with Gasteiger partial charge in [-0.05, 0) is 49.4 Å². The van der Waals surface area contributed by atoms with E-state index in [-0.39, 0.29) is 0 Å². The Bertz CT molecular complexity index is 226. The second kappa shape index (κ2) is 6.44. The molecule has 0 bridgehead atoms. The lowest BCUT2D eigenvalue weighted by molar-refractivity contribution is 0.0923. The summed E-state index contributed by atoms with van der Waals surface area (Å²) >= 11 is 2.12. The van der Waals surface area contributed by atoms with E-state index in [2.05, 4.69) is 23.6 Å². The summed E-state index contributed by atoms with van der Waals surface area (Å²) in [5, 5.41) is 0. The number of rotatable bonds is 3. The molecule has 1 heterocycles. The molecule has 2 nitrogen and oxygen atoms in total. The maximum Gasteiger partial charge on any atom is 0.00726 e. The van der Waals surface area contributed by atoms with Crippen LogP contribution in [0.15, 0.2) is 0 Å². The smallest absolute Gasteiger partial charge is 0.00726 e. The largest absolute Gasteiger partial charge is 0.330 e. The summed E-state index contributed by atoms with van der Waals surface area (Å²) in [6.07, 6.45) is 6.88. The van der Waals surface area contributed by atoms with Crippen molar-refractivity contribution in [2.24, 2.45) is 17.1 Å². The number of nitrogens with two attached hydrogens (primary N) is 1. The van der Waals surface area contributed by atoms with Crippen LogP contribution in [0.1, 0.15) is 39.0 Å². The molecule has 17 heavy (non-hydrogen) atoms. The van der Waals surface area contributed by atoms with Crippen LogP contribution in [-0.2, 0) is 0 Å².